The van der Waals surface area contributed by atoms with Gasteiger partial charge in [0.05, 0.1) is 19.3 Å². The Morgan fingerprint density at radius 3 is 2.56 bits per heavy atom. The zero-order chi connectivity index (χ0) is 17.6. The first-order valence-corrected chi connectivity index (χ1v) is 8.07. The highest BCUT2D eigenvalue weighted by molar-refractivity contribution is 5.95. The number of hydrogen-bond donors (Lipinski definition) is 2. The van der Waals surface area contributed by atoms with Crippen LogP contribution in [-0.2, 0) is 11.3 Å². The molecule has 0 atom stereocenters. The third-order valence-electron chi connectivity index (χ3n) is 3.68. The summed E-state index contributed by atoms with van der Waals surface area (Å²) in [5.74, 6) is 0.187. The molecule has 0 aliphatic carbocycles. The van der Waals surface area contributed by atoms with Gasteiger partial charge in [-0.1, -0.05) is 30.3 Å². The second-order valence-electron chi connectivity index (χ2n) is 5.52. The Labute approximate surface area is 146 Å². The lowest BCUT2D eigenvalue weighted by Gasteiger charge is -2.12. The third kappa shape index (κ3) is 3.98. The van der Waals surface area contributed by atoms with E-state index in [9.17, 15) is 4.79 Å². The molecule has 0 saturated carbocycles. The van der Waals surface area contributed by atoms with Crippen LogP contribution in [0.2, 0.25) is 0 Å². The average molecular weight is 336 g/mol. The van der Waals surface area contributed by atoms with E-state index in [4.69, 9.17) is 10.5 Å². The van der Waals surface area contributed by atoms with Crippen LogP contribution in [0.5, 0.6) is 0 Å². The molecule has 3 aromatic rings. The lowest BCUT2D eigenvalue weighted by Crippen LogP contribution is -2.10. The molecule has 0 unspecified atom stereocenters. The van der Waals surface area contributed by atoms with Crippen LogP contribution in [0, 0.1) is 0 Å². The Bertz CT molecular complexity index is 842. The molecule has 3 rings (SSSR count). The molecule has 6 nitrogen and oxygen atoms in total. The first kappa shape index (κ1) is 16.6. The molecule has 0 bridgehead atoms. The predicted octanol–water partition coefficient (Wildman–Crippen LogP) is 3.43. The number of benzene rings is 2. The quantitative estimate of drug-likeness (QED) is 0.532. The first-order valence-electron chi connectivity index (χ1n) is 8.07. The Morgan fingerprint density at radius 2 is 1.88 bits per heavy atom. The van der Waals surface area contributed by atoms with E-state index in [1.165, 1.54) is 6.20 Å². The lowest BCUT2D eigenvalue weighted by molar-refractivity contribution is 0.0527. The highest BCUT2D eigenvalue weighted by Crippen LogP contribution is 2.23. The van der Waals surface area contributed by atoms with Gasteiger partial charge in [-0.25, -0.2) is 9.48 Å². The zero-order valence-corrected chi connectivity index (χ0v) is 14.0. The summed E-state index contributed by atoms with van der Waals surface area (Å²) in [5, 5.41) is 7.61. The molecular formula is C19H20N4O2. The van der Waals surface area contributed by atoms with Crippen molar-refractivity contribution in [1.29, 1.82) is 0 Å². The molecule has 1 aromatic heterocycles. The Morgan fingerprint density at radius 1 is 1.16 bits per heavy atom. The van der Waals surface area contributed by atoms with E-state index in [2.05, 4.69) is 10.4 Å². The Hall–Kier alpha value is -3.28. The number of nitrogen functional groups attached to an aromatic ring is 1. The van der Waals surface area contributed by atoms with Crippen molar-refractivity contribution in [2.24, 2.45) is 0 Å². The van der Waals surface area contributed by atoms with Gasteiger partial charge in [-0.3, -0.25) is 0 Å². The van der Waals surface area contributed by atoms with Crippen molar-refractivity contribution >= 4 is 23.2 Å². The first-order chi connectivity index (χ1) is 12.2. The minimum Gasteiger partial charge on any atom is -0.462 e. The lowest BCUT2D eigenvalue weighted by atomic mass is 10.2. The van der Waals surface area contributed by atoms with Crippen LogP contribution in [0.15, 0.2) is 60.8 Å². The number of nitrogens with one attached hydrogen (secondary N) is 1. The SMILES string of the molecule is CCOC(=O)c1cnn(Cc2ccccc2)c1Nc1ccc(N)cc1. The minimum atomic E-state index is -0.403. The number of carbonyl (C=O) groups is 1. The monoisotopic (exact) mass is 336 g/mol. The van der Waals surface area contributed by atoms with Gasteiger partial charge in [-0.15, -0.1) is 0 Å². The minimum absolute atomic E-state index is 0.310. The second kappa shape index (κ2) is 7.53. The second-order valence-corrected chi connectivity index (χ2v) is 5.52. The summed E-state index contributed by atoms with van der Waals surface area (Å²) in [6, 6.07) is 17.2. The van der Waals surface area contributed by atoms with Crippen LogP contribution in [0.1, 0.15) is 22.8 Å². The summed E-state index contributed by atoms with van der Waals surface area (Å²) >= 11 is 0. The normalized spacial score (nSPS) is 10.4. The van der Waals surface area contributed by atoms with Crippen molar-refractivity contribution in [3.63, 3.8) is 0 Å². The molecule has 1 heterocycles. The molecule has 0 spiro atoms. The maximum Gasteiger partial charge on any atom is 0.343 e. The summed E-state index contributed by atoms with van der Waals surface area (Å²) < 4.78 is 6.88. The van der Waals surface area contributed by atoms with Crippen LogP contribution >= 0.6 is 0 Å². The maximum absolute atomic E-state index is 12.2. The summed E-state index contributed by atoms with van der Waals surface area (Å²) in [6.45, 7) is 2.63. The number of rotatable bonds is 6. The molecule has 25 heavy (non-hydrogen) atoms. The van der Waals surface area contributed by atoms with Crippen LogP contribution in [-0.4, -0.2) is 22.4 Å². The van der Waals surface area contributed by atoms with E-state index in [0.717, 1.165) is 11.3 Å². The average Bonchev–Trinajstić information content (AvgIpc) is 3.00. The molecule has 128 valence electrons. The fourth-order valence-electron chi connectivity index (χ4n) is 2.45. The Balaban J connectivity index is 1.94. The molecule has 0 radical (unpaired) electrons. The number of hydrogen-bond acceptors (Lipinski definition) is 5. The molecule has 6 heteroatoms. The number of esters is 1. The van der Waals surface area contributed by atoms with E-state index in [-0.39, 0.29) is 0 Å². The summed E-state index contributed by atoms with van der Waals surface area (Å²) in [7, 11) is 0. The van der Waals surface area contributed by atoms with E-state index in [1.807, 2.05) is 42.5 Å². The van der Waals surface area contributed by atoms with Gasteiger partial charge in [-0.05, 0) is 36.8 Å². The van der Waals surface area contributed by atoms with Gasteiger partial charge >= 0.3 is 5.97 Å². The molecule has 0 fully saturated rings. The van der Waals surface area contributed by atoms with Crippen molar-refractivity contribution in [3.8, 4) is 0 Å². The summed E-state index contributed by atoms with van der Waals surface area (Å²) in [6.07, 6.45) is 1.53. The number of carbonyl (C=O) groups excluding carboxylic acids is 1. The Kier molecular flexibility index (Phi) is 4.99. The molecule has 0 aliphatic rings. The van der Waals surface area contributed by atoms with Gasteiger partial charge in [0.15, 0.2) is 0 Å². The van der Waals surface area contributed by atoms with E-state index in [0.29, 0.717) is 30.2 Å². The van der Waals surface area contributed by atoms with Crippen molar-refractivity contribution in [3.05, 3.63) is 71.9 Å². The fourth-order valence-corrected chi connectivity index (χ4v) is 2.45. The molecule has 3 N–H and O–H groups in total. The smallest absolute Gasteiger partial charge is 0.343 e. The summed E-state index contributed by atoms with van der Waals surface area (Å²) in [5.41, 5.74) is 8.70. The third-order valence-corrected chi connectivity index (χ3v) is 3.68. The van der Waals surface area contributed by atoms with Crippen LogP contribution in [0.25, 0.3) is 0 Å². The number of ether oxygens (including phenoxy) is 1. The van der Waals surface area contributed by atoms with E-state index >= 15 is 0 Å². The van der Waals surface area contributed by atoms with Gasteiger partial charge in [0, 0.05) is 11.4 Å². The number of nitrogens with zero attached hydrogens (tertiary/aromatic N) is 2. The molecule has 0 amide bonds. The van der Waals surface area contributed by atoms with Crippen LogP contribution in [0.4, 0.5) is 17.2 Å². The highest BCUT2D eigenvalue weighted by Gasteiger charge is 2.19. The van der Waals surface area contributed by atoms with Crippen molar-refractivity contribution in [2.75, 3.05) is 17.7 Å². The number of anilines is 3. The van der Waals surface area contributed by atoms with Crippen molar-refractivity contribution < 1.29 is 9.53 Å². The molecular weight excluding hydrogens is 316 g/mol. The fraction of sp³-hybridized carbons (Fsp3) is 0.158. The predicted molar refractivity (Wildman–Crippen MR) is 97.9 cm³/mol. The highest BCUT2D eigenvalue weighted by atomic mass is 16.5. The van der Waals surface area contributed by atoms with Crippen molar-refractivity contribution in [1.82, 2.24) is 9.78 Å². The van der Waals surface area contributed by atoms with Gasteiger partial charge in [0.2, 0.25) is 0 Å². The topological polar surface area (TPSA) is 82.2 Å². The zero-order valence-electron chi connectivity index (χ0n) is 14.0. The van der Waals surface area contributed by atoms with E-state index in [1.54, 1.807) is 23.7 Å². The van der Waals surface area contributed by atoms with E-state index < -0.39 is 5.97 Å². The van der Waals surface area contributed by atoms with Gasteiger partial charge in [-0.2, -0.15) is 5.10 Å². The molecule has 2 aromatic carbocycles. The number of nitrogens with two attached hydrogens (primary N) is 1. The van der Waals surface area contributed by atoms with Crippen LogP contribution < -0.4 is 11.1 Å². The van der Waals surface area contributed by atoms with Gasteiger partial charge < -0.3 is 15.8 Å². The maximum atomic E-state index is 12.2. The van der Waals surface area contributed by atoms with Gasteiger partial charge in [0.1, 0.15) is 11.4 Å². The molecule has 0 aliphatic heterocycles. The number of aromatic nitrogens is 2. The van der Waals surface area contributed by atoms with Crippen molar-refractivity contribution in [2.45, 2.75) is 13.5 Å². The largest absolute Gasteiger partial charge is 0.462 e. The van der Waals surface area contributed by atoms with Crippen LogP contribution in [0.3, 0.4) is 0 Å². The standard InChI is InChI=1S/C19H20N4O2/c1-2-25-19(24)17-12-21-23(13-14-6-4-3-5-7-14)18(17)22-16-10-8-15(20)9-11-16/h3-12,22H,2,13,20H2,1H3. The summed E-state index contributed by atoms with van der Waals surface area (Å²) in [4.78, 5) is 12.2. The molecule has 0 saturated heterocycles. The van der Waals surface area contributed by atoms with Gasteiger partial charge in [0.25, 0.3) is 0 Å².